The molecule has 9 heavy (non-hydrogen) atoms. The maximum atomic E-state index is 10.3. The van der Waals surface area contributed by atoms with E-state index in [0.717, 1.165) is 6.34 Å². The number of amides is 2. The number of hydrogen-bond acceptors (Lipinski definition) is 2. The van der Waals surface area contributed by atoms with Crippen LogP contribution < -0.4 is 5.32 Å². The molecule has 2 amide bonds. The van der Waals surface area contributed by atoms with Gasteiger partial charge in [-0.15, -0.1) is 12.4 Å². The Morgan fingerprint density at radius 1 is 1.56 bits per heavy atom. The van der Waals surface area contributed by atoms with Gasteiger partial charge in [0.1, 0.15) is 6.42 Å². The van der Waals surface area contributed by atoms with Gasteiger partial charge < -0.3 is 5.32 Å². The molecular formula is C4H5ClN2O2. The lowest BCUT2D eigenvalue weighted by Gasteiger charge is -1.99. The Kier molecular flexibility index (Phi) is 2.87. The molecule has 0 aromatic rings. The van der Waals surface area contributed by atoms with E-state index in [-0.39, 0.29) is 30.6 Å². The Balaban J connectivity index is 0.000000640. The largest absolute Gasteiger partial charge is 0.316 e. The summed E-state index contributed by atoms with van der Waals surface area (Å²) in [5, 5.41) is 2.26. The van der Waals surface area contributed by atoms with Crippen molar-refractivity contribution in [1.29, 1.82) is 0 Å². The van der Waals surface area contributed by atoms with E-state index in [4.69, 9.17) is 0 Å². The van der Waals surface area contributed by atoms with E-state index in [0.29, 0.717) is 0 Å². The average molecular weight is 149 g/mol. The van der Waals surface area contributed by atoms with Crippen molar-refractivity contribution in [2.24, 2.45) is 4.99 Å². The lowest BCUT2D eigenvalue weighted by atomic mass is 10.4. The van der Waals surface area contributed by atoms with E-state index in [1.807, 2.05) is 0 Å². The molecule has 0 spiro atoms. The minimum atomic E-state index is -0.381. The summed E-state index contributed by atoms with van der Waals surface area (Å²) in [5.41, 5.74) is 0. The quantitative estimate of drug-likeness (QED) is 0.470. The number of nitrogens with one attached hydrogen (secondary N) is 1. The second-order valence-corrected chi connectivity index (χ2v) is 1.40. The van der Waals surface area contributed by atoms with Crippen molar-refractivity contribution in [2.45, 2.75) is 6.42 Å². The molecule has 5 heteroatoms. The predicted molar refractivity (Wildman–Crippen MR) is 33.5 cm³/mol. The van der Waals surface area contributed by atoms with Crippen LogP contribution in [0, 0.1) is 0 Å². The first-order chi connectivity index (χ1) is 3.79. The lowest BCUT2D eigenvalue weighted by molar-refractivity contribution is -0.127. The molecule has 1 aliphatic heterocycles. The highest BCUT2D eigenvalue weighted by Crippen LogP contribution is 1.87. The molecule has 50 valence electrons. The van der Waals surface area contributed by atoms with Gasteiger partial charge in [-0.05, 0) is 0 Å². The summed E-state index contributed by atoms with van der Waals surface area (Å²) in [5.74, 6) is -0.668. The van der Waals surface area contributed by atoms with Crippen LogP contribution in [0.3, 0.4) is 0 Å². The molecule has 0 radical (unpaired) electrons. The summed E-state index contributed by atoms with van der Waals surface area (Å²) in [6.45, 7) is 0. The number of carbonyl (C=O) groups excluding carboxylic acids is 2. The van der Waals surface area contributed by atoms with Gasteiger partial charge >= 0.3 is 0 Å². The number of nitrogens with zero attached hydrogens (tertiary/aromatic N) is 1. The fourth-order valence-electron chi connectivity index (χ4n) is 0.410. The van der Waals surface area contributed by atoms with Crippen LogP contribution >= 0.6 is 12.4 Å². The van der Waals surface area contributed by atoms with Crippen molar-refractivity contribution in [3.63, 3.8) is 0 Å². The summed E-state index contributed by atoms with van der Waals surface area (Å²) in [6.07, 6.45) is 0.991. The van der Waals surface area contributed by atoms with Crippen LogP contribution in [-0.2, 0) is 9.59 Å². The van der Waals surface area contributed by atoms with Crippen LogP contribution in [0.2, 0.25) is 0 Å². The predicted octanol–water partition coefficient (Wildman–Crippen LogP) is -0.517. The molecule has 0 aromatic heterocycles. The van der Waals surface area contributed by atoms with Crippen LogP contribution in [-0.4, -0.2) is 18.2 Å². The standard InChI is InChI=1S/C4H4N2O2.ClH/c7-3-1-4(8)6-2-5-3;/h2H,1H2,(H,5,6,7,8);1H. The van der Waals surface area contributed by atoms with E-state index in [2.05, 4.69) is 10.3 Å². The number of aliphatic imine (C=N–C) groups is 1. The SMILES string of the molecule is Cl.O=C1CC(=O)NC=N1. The molecule has 1 N–H and O–H groups in total. The van der Waals surface area contributed by atoms with Gasteiger partial charge in [0.15, 0.2) is 0 Å². The second-order valence-electron chi connectivity index (χ2n) is 1.40. The zero-order chi connectivity index (χ0) is 5.98. The molecule has 1 aliphatic rings. The van der Waals surface area contributed by atoms with Crippen LogP contribution in [0.5, 0.6) is 0 Å². The Morgan fingerprint density at radius 3 is 2.56 bits per heavy atom. The summed E-state index contributed by atoms with van der Waals surface area (Å²) >= 11 is 0. The molecule has 0 saturated heterocycles. The molecule has 0 aliphatic carbocycles. The highest BCUT2D eigenvalue weighted by atomic mass is 35.5. The number of hydrogen-bond donors (Lipinski definition) is 1. The third-order valence-electron chi connectivity index (χ3n) is 0.746. The average Bonchev–Trinajstić information content (AvgIpc) is 1.64. The van der Waals surface area contributed by atoms with Gasteiger partial charge in [-0.3, -0.25) is 9.59 Å². The van der Waals surface area contributed by atoms with Crippen LogP contribution in [0.4, 0.5) is 0 Å². The monoisotopic (exact) mass is 148 g/mol. The van der Waals surface area contributed by atoms with Crippen molar-refractivity contribution in [2.75, 3.05) is 0 Å². The second kappa shape index (κ2) is 3.19. The molecule has 0 saturated carbocycles. The van der Waals surface area contributed by atoms with Crippen molar-refractivity contribution in [3.8, 4) is 0 Å². The minimum Gasteiger partial charge on any atom is -0.316 e. The fraction of sp³-hybridized carbons (Fsp3) is 0.250. The third-order valence-corrected chi connectivity index (χ3v) is 0.746. The molecule has 0 unspecified atom stereocenters. The van der Waals surface area contributed by atoms with E-state index in [1.54, 1.807) is 0 Å². The molecular weight excluding hydrogens is 144 g/mol. The molecule has 0 fully saturated rings. The summed E-state index contributed by atoms with van der Waals surface area (Å²) in [7, 11) is 0. The maximum Gasteiger partial charge on any atom is 0.256 e. The lowest BCUT2D eigenvalue weighted by Crippen LogP contribution is -2.28. The maximum absolute atomic E-state index is 10.3. The normalized spacial score (nSPS) is 16.4. The van der Waals surface area contributed by atoms with Gasteiger partial charge in [-0.2, -0.15) is 0 Å². The molecule has 0 bridgehead atoms. The van der Waals surface area contributed by atoms with Crippen LogP contribution in [0.15, 0.2) is 4.99 Å². The van der Waals surface area contributed by atoms with E-state index in [1.165, 1.54) is 0 Å². The highest BCUT2D eigenvalue weighted by molar-refractivity contribution is 6.07. The van der Waals surface area contributed by atoms with Gasteiger partial charge in [0.2, 0.25) is 5.91 Å². The Bertz CT molecular complexity index is 166. The molecule has 0 atom stereocenters. The summed E-state index contributed by atoms with van der Waals surface area (Å²) in [4.78, 5) is 23.7. The fourth-order valence-corrected chi connectivity index (χ4v) is 0.410. The first-order valence-electron chi connectivity index (χ1n) is 2.14. The van der Waals surface area contributed by atoms with Gasteiger partial charge in [0.05, 0.1) is 6.34 Å². The Labute approximate surface area is 57.7 Å². The first kappa shape index (κ1) is 8.10. The Morgan fingerprint density at radius 2 is 2.22 bits per heavy atom. The van der Waals surface area contributed by atoms with Gasteiger partial charge in [-0.25, -0.2) is 4.99 Å². The molecule has 4 nitrogen and oxygen atoms in total. The number of carbonyl (C=O) groups is 2. The minimum absolute atomic E-state index is 0. The third kappa shape index (κ3) is 2.23. The van der Waals surface area contributed by atoms with Crippen LogP contribution in [0.1, 0.15) is 6.42 Å². The van der Waals surface area contributed by atoms with Crippen molar-refractivity contribution < 1.29 is 9.59 Å². The van der Waals surface area contributed by atoms with Gasteiger partial charge in [0.25, 0.3) is 5.91 Å². The zero-order valence-corrected chi connectivity index (χ0v) is 5.27. The number of rotatable bonds is 0. The van der Waals surface area contributed by atoms with Crippen molar-refractivity contribution in [1.82, 2.24) is 5.32 Å². The zero-order valence-electron chi connectivity index (χ0n) is 4.46. The topological polar surface area (TPSA) is 58.5 Å². The smallest absolute Gasteiger partial charge is 0.256 e. The summed E-state index contributed by atoms with van der Waals surface area (Å²) < 4.78 is 0. The van der Waals surface area contributed by atoms with Crippen LogP contribution in [0.25, 0.3) is 0 Å². The van der Waals surface area contributed by atoms with Gasteiger partial charge in [-0.1, -0.05) is 0 Å². The molecule has 1 rings (SSSR count). The van der Waals surface area contributed by atoms with Crippen molar-refractivity contribution in [3.05, 3.63) is 0 Å². The number of halogens is 1. The van der Waals surface area contributed by atoms with E-state index >= 15 is 0 Å². The van der Waals surface area contributed by atoms with E-state index in [9.17, 15) is 9.59 Å². The van der Waals surface area contributed by atoms with Crippen molar-refractivity contribution >= 4 is 30.6 Å². The summed E-state index contributed by atoms with van der Waals surface area (Å²) in [6, 6.07) is 0. The van der Waals surface area contributed by atoms with E-state index < -0.39 is 0 Å². The Hall–Kier alpha value is -0.900. The first-order valence-corrected chi connectivity index (χ1v) is 2.14. The highest BCUT2D eigenvalue weighted by Gasteiger charge is 2.09. The van der Waals surface area contributed by atoms with Gasteiger partial charge in [0, 0.05) is 0 Å². The molecule has 1 heterocycles. The molecule has 0 aromatic carbocycles.